The molecule has 6 rings (SSSR count). The molecule has 4 aromatic carbocycles. The van der Waals surface area contributed by atoms with Crippen LogP contribution in [0.15, 0.2) is 115 Å². The summed E-state index contributed by atoms with van der Waals surface area (Å²) in [5, 5.41) is 0. The van der Waals surface area contributed by atoms with Gasteiger partial charge in [-0.3, -0.25) is 4.90 Å². The number of nitrogens with zero attached hydrogens (tertiary/aromatic N) is 4. The molecule has 0 radical (unpaired) electrons. The van der Waals surface area contributed by atoms with Crippen molar-refractivity contribution in [1.82, 2.24) is 19.4 Å². The molecule has 2 heterocycles. The predicted molar refractivity (Wildman–Crippen MR) is 153 cm³/mol. The standard InChI is InChI=1S/C33H34N4/c1-4-13-27(14-5-1)32(28-15-6-2-7-16-28)36-25-23-35(24-26-36)21-12-22-37-31-20-11-10-19-30(31)34-33(37)29-17-8-3-9-18-29/h1-11,13-20,32H,12,21-26H2. The largest absolute Gasteiger partial charge is 0.324 e. The number of rotatable bonds is 8. The second-order valence-corrected chi connectivity index (χ2v) is 9.90. The van der Waals surface area contributed by atoms with Gasteiger partial charge in [0.05, 0.1) is 17.1 Å². The molecule has 0 saturated carbocycles. The Morgan fingerprint density at radius 2 is 1.16 bits per heavy atom. The van der Waals surface area contributed by atoms with Crippen LogP contribution >= 0.6 is 0 Å². The van der Waals surface area contributed by atoms with Crippen LogP contribution in [0.5, 0.6) is 0 Å². The average molecular weight is 487 g/mol. The fraction of sp³-hybridized carbons (Fsp3) is 0.242. The highest BCUT2D eigenvalue weighted by Gasteiger charge is 2.26. The van der Waals surface area contributed by atoms with Gasteiger partial charge in [-0.15, -0.1) is 0 Å². The fourth-order valence-corrected chi connectivity index (χ4v) is 5.69. The van der Waals surface area contributed by atoms with Crippen molar-refractivity contribution in [2.24, 2.45) is 0 Å². The van der Waals surface area contributed by atoms with Crippen LogP contribution in [0.4, 0.5) is 0 Å². The molecule has 4 nitrogen and oxygen atoms in total. The molecule has 37 heavy (non-hydrogen) atoms. The van der Waals surface area contributed by atoms with Crippen molar-refractivity contribution in [3.05, 3.63) is 126 Å². The van der Waals surface area contributed by atoms with Gasteiger partial charge in [0, 0.05) is 38.3 Å². The van der Waals surface area contributed by atoms with E-state index in [-0.39, 0.29) is 0 Å². The molecular formula is C33H34N4. The lowest BCUT2D eigenvalue weighted by Crippen LogP contribution is -2.48. The van der Waals surface area contributed by atoms with Crippen molar-refractivity contribution in [2.75, 3.05) is 32.7 Å². The normalized spacial score (nSPS) is 14.9. The Balaban J connectivity index is 1.12. The van der Waals surface area contributed by atoms with Crippen molar-refractivity contribution >= 4 is 11.0 Å². The lowest BCUT2D eigenvalue weighted by molar-refractivity contribution is 0.108. The van der Waals surface area contributed by atoms with Gasteiger partial charge < -0.3 is 9.47 Å². The smallest absolute Gasteiger partial charge is 0.141 e. The summed E-state index contributed by atoms with van der Waals surface area (Å²) in [6.07, 6.45) is 1.11. The van der Waals surface area contributed by atoms with Crippen LogP contribution < -0.4 is 0 Å². The van der Waals surface area contributed by atoms with E-state index >= 15 is 0 Å². The van der Waals surface area contributed by atoms with Gasteiger partial charge in [-0.25, -0.2) is 4.98 Å². The third-order valence-corrected chi connectivity index (χ3v) is 7.55. The molecule has 1 aromatic heterocycles. The highest BCUT2D eigenvalue weighted by molar-refractivity contribution is 5.80. The lowest BCUT2D eigenvalue weighted by atomic mass is 9.96. The van der Waals surface area contributed by atoms with Gasteiger partial charge in [0.2, 0.25) is 0 Å². The van der Waals surface area contributed by atoms with Crippen LogP contribution in [-0.2, 0) is 6.54 Å². The predicted octanol–water partition coefficient (Wildman–Crippen LogP) is 6.50. The van der Waals surface area contributed by atoms with Crippen LogP contribution in [0.1, 0.15) is 23.6 Å². The molecule has 1 aliphatic heterocycles. The van der Waals surface area contributed by atoms with E-state index in [2.05, 4.69) is 130 Å². The number of piperazine rings is 1. The summed E-state index contributed by atoms with van der Waals surface area (Å²) in [6, 6.07) is 41.3. The number of imidazole rings is 1. The van der Waals surface area contributed by atoms with Crippen LogP contribution in [0.3, 0.4) is 0 Å². The molecule has 0 atom stereocenters. The zero-order valence-electron chi connectivity index (χ0n) is 21.3. The maximum absolute atomic E-state index is 4.98. The van der Waals surface area contributed by atoms with Crippen molar-refractivity contribution in [1.29, 1.82) is 0 Å². The molecule has 0 amide bonds. The molecule has 0 spiro atoms. The first kappa shape index (κ1) is 23.7. The zero-order chi connectivity index (χ0) is 24.9. The first-order valence-electron chi connectivity index (χ1n) is 13.4. The molecule has 186 valence electrons. The van der Waals surface area contributed by atoms with Crippen molar-refractivity contribution < 1.29 is 0 Å². The Kier molecular flexibility index (Phi) is 7.11. The first-order valence-corrected chi connectivity index (χ1v) is 13.4. The quantitative estimate of drug-likeness (QED) is 0.250. The topological polar surface area (TPSA) is 24.3 Å². The summed E-state index contributed by atoms with van der Waals surface area (Å²) >= 11 is 0. The van der Waals surface area contributed by atoms with E-state index in [4.69, 9.17) is 4.98 Å². The van der Waals surface area contributed by atoms with Gasteiger partial charge in [-0.05, 0) is 36.2 Å². The summed E-state index contributed by atoms with van der Waals surface area (Å²) in [5.74, 6) is 1.07. The van der Waals surface area contributed by atoms with Crippen molar-refractivity contribution in [3.63, 3.8) is 0 Å². The Morgan fingerprint density at radius 1 is 0.595 bits per heavy atom. The molecule has 1 saturated heterocycles. The number of aryl methyl sites for hydroxylation is 1. The monoisotopic (exact) mass is 486 g/mol. The number of hydrogen-bond acceptors (Lipinski definition) is 3. The molecule has 0 N–H and O–H groups in total. The van der Waals surface area contributed by atoms with E-state index in [1.54, 1.807) is 0 Å². The minimum Gasteiger partial charge on any atom is -0.324 e. The van der Waals surface area contributed by atoms with E-state index in [9.17, 15) is 0 Å². The zero-order valence-corrected chi connectivity index (χ0v) is 21.3. The van der Waals surface area contributed by atoms with E-state index in [1.165, 1.54) is 22.2 Å². The molecule has 0 unspecified atom stereocenters. The van der Waals surface area contributed by atoms with E-state index in [0.29, 0.717) is 6.04 Å². The van der Waals surface area contributed by atoms with Gasteiger partial charge in [0.25, 0.3) is 0 Å². The fourth-order valence-electron chi connectivity index (χ4n) is 5.69. The van der Waals surface area contributed by atoms with Crippen molar-refractivity contribution in [3.8, 4) is 11.4 Å². The van der Waals surface area contributed by atoms with E-state index in [1.807, 2.05) is 0 Å². The molecule has 4 heteroatoms. The maximum atomic E-state index is 4.98. The Morgan fingerprint density at radius 3 is 1.81 bits per heavy atom. The average Bonchev–Trinajstić information content (AvgIpc) is 3.34. The number of aromatic nitrogens is 2. The third kappa shape index (κ3) is 5.22. The molecule has 0 bridgehead atoms. The Hall–Kier alpha value is -3.73. The van der Waals surface area contributed by atoms with Gasteiger partial charge in [-0.2, -0.15) is 0 Å². The minimum atomic E-state index is 0.315. The number of hydrogen-bond donors (Lipinski definition) is 0. The molecule has 1 aliphatic rings. The summed E-state index contributed by atoms with van der Waals surface area (Å²) in [5.41, 5.74) is 6.23. The minimum absolute atomic E-state index is 0.315. The van der Waals surface area contributed by atoms with Crippen LogP contribution in [0, 0.1) is 0 Å². The summed E-state index contributed by atoms with van der Waals surface area (Å²) < 4.78 is 2.40. The second-order valence-electron chi connectivity index (χ2n) is 9.90. The molecule has 1 fully saturated rings. The number of benzene rings is 4. The number of para-hydroxylation sites is 2. The molecular weight excluding hydrogens is 452 g/mol. The summed E-state index contributed by atoms with van der Waals surface area (Å²) in [6.45, 7) is 6.45. The summed E-state index contributed by atoms with van der Waals surface area (Å²) in [4.78, 5) is 10.3. The van der Waals surface area contributed by atoms with E-state index < -0.39 is 0 Å². The van der Waals surface area contributed by atoms with Gasteiger partial charge >= 0.3 is 0 Å². The van der Waals surface area contributed by atoms with Gasteiger partial charge in [0.15, 0.2) is 0 Å². The van der Waals surface area contributed by atoms with Crippen molar-refractivity contribution in [2.45, 2.75) is 19.0 Å². The Bertz CT molecular complexity index is 1360. The number of fused-ring (bicyclic) bond motifs is 1. The van der Waals surface area contributed by atoms with Crippen LogP contribution in [-0.4, -0.2) is 52.1 Å². The summed E-state index contributed by atoms with van der Waals surface area (Å²) in [7, 11) is 0. The second kappa shape index (κ2) is 11.1. The SMILES string of the molecule is c1ccc(-c2nc3ccccc3n2CCCN2CCN(C(c3ccccc3)c3ccccc3)CC2)cc1. The van der Waals surface area contributed by atoms with Gasteiger partial charge in [0.1, 0.15) is 5.82 Å². The third-order valence-electron chi connectivity index (χ3n) is 7.55. The maximum Gasteiger partial charge on any atom is 0.141 e. The molecule has 0 aliphatic carbocycles. The Labute approximate surface area is 219 Å². The highest BCUT2D eigenvalue weighted by atomic mass is 15.3. The van der Waals surface area contributed by atoms with Crippen LogP contribution in [0.25, 0.3) is 22.4 Å². The highest BCUT2D eigenvalue weighted by Crippen LogP contribution is 2.30. The van der Waals surface area contributed by atoms with Crippen LogP contribution in [0.2, 0.25) is 0 Å². The lowest BCUT2D eigenvalue weighted by Gasteiger charge is -2.40. The first-order chi connectivity index (χ1) is 18.4. The van der Waals surface area contributed by atoms with Gasteiger partial charge in [-0.1, -0.05) is 103 Å². The van der Waals surface area contributed by atoms with E-state index in [0.717, 1.165) is 57.0 Å². The molecule has 5 aromatic rings.